The molecule has 1 aromatic heterocycles. The third-order valence-corrected chi connectivity index (χ3v) is 5.73. The van der Waals surface area contributed by atoms with Gasteiger partial charge < -0.3 is 10.6 Å². The second-order valence-corrected chi connectivity index (χ2v) is 7.86. The number of hydrogen-bond donors (Lipinski definition) is 2. The largest absolute Gasteiger partial charge is 0.354 e. The number of aromatic nitrogens is 1. The van der Waals surface area contributed by atoms with Gasteiger partial charge in [0.1, 0.15) is 6.04 Å². The van der Waals surface area contributed by atoms with Gasteiger partial charge in [-0.15, -0.1) is 11.8 Å². The van der Waals surface area contributed by atoms with Crippen molar-refractivity contribution in [2.75, 3.05) is 17.6 Å². The quantitative estimate of drug-likeness (QED) is 0.455. The predicted octanol–water partition coefficient (Wildman–Crippen LogP) is 4.40. The average molecular weight is 372 g/mol. The van der Waals surface area contributed by atoms with Gasteiger partial charge in [-0.2, -0.15) is 0 Å². The molecular weight excluding hydrogens is 350 g/mol. The molecule has 0 bridgehead atoms. The van der Waals surface area contributed by atoms with E-state index in [1.54, 1.807) is 11.3 Å². The first-order valence-electron chi connectivity index (χ1n) is 8.30. The molecule has 3 rings (SSSR count). The number of hydrogen-bond acceptors (Lipinski definition) is 5. The number of anilines is 1. The predicted molar refractivity (Wildman–Crippen MR) is 107 cm³/mol. The third-order valence-electron chi connectivity index (χ3n) is 3.66. The minimum atomic E-state index is -0.303. The highest BCUT2D eigenvalue weighted by Crippen LogP contribution is 2.25. The molecule has 0 saturated heterocycles. The molecule has 6 heteroatoms. The van der Waals surface area contributed by atoms with E-state index < -0.39 is 0 Å². The number of para-hydroxylation sites is 1. The molecule has 0 saturated carbocycles. The van der Waals surface area contributed by atoms with E-state index in [9.17, 15) is 4.79 Å². The maximum atomic E-state index is 12.2. The summed E-state index contributed by atoms with van der Waals surface area (Å²) in [4.78, 5) is 18.0. The molecule has 0 aliphatic carbocycles. The van der Waals surface area contributed by atoms with Crippen LogP contribution in [0, 0.1) is 0 Å². The third kappa shape index (κ3) is 5.21. The second kappa shape index (κ2) is 8.87. The highest BCUT2D eigenvalue weighted by atomic mass is 32.2. The zero-order chi connectivity index (χ0) is 17.5. The molecule has 25 heavy (non-hydrogen) atoms. The van der Waals surface area contributed by atoms with Crippen molar-refractivity contribution < 1.29 is 4.79 Å². The van der Waals surface area contributed by atoms with Crippen LogP contribution < -0.4 is 10.6 Å². The summed E-state index contributed by atoms with van der Waals surface area (Å²) in [5.74, 6) is 0.994. The monoisotopic (exact) mass is 371 g/mol. The lowest BCUT2D eigenvalue weighted by Crippen LogP contribution is -2.38. The number of nitrogens with zero attached hydrogens (tertiary/aromatic N) is 1. The number of thiazole rings is 1. The van der Waals surface area contributed by atoms with E-state index in [2.05, 4.69) is 27.8 Å². The van der Waals surface area contributed by atoms with Gasteiger partial charge in [-0.1, -0.05) is 41.7 Å². The van der Waals surface area contributed by atoms with E-state index in [0.717, 1.165) is 27.5 Å². The minimum absolute atomic E-state index is 0.00367. The summed E-state index contributed by atoms with van der Waals surface area (Å²) in [5.41, 5.74) is 0.959. The molecule has 130 valence electrons. The zero-order valence-electron chi connectivity index (χ0n) is 14.1. The van der Waals surface area contributed by atoms with Gasteiger partial charge in [-0.3, -0.25) is 4.79 Å². The fourth-order valence-electron chi connectivity index (χ4n) is 2.33. The SMILES string of the molecule is C[C@H](Nc1nc2ccccc2s1)C(=O)NCCCSc1ccccc1. The molecule has 0 spiro atoms. The number of amides is 1. The fraction of sp³-hybridized carbons (Fsp3) is 0.263. The smallest absolute Gasteiger partial charge is 0.242 e. The Hall–Kier alpha value is -2.05. The van der Waals surface area contributed by atoms with Crippen LogP contribution in [0.25, 0.3) is 10.2 Å². The summed E-state index contributed by atoms with van der Waals surface area (Å²) >= 11 is 3.38. The van der Waals surface area contributed by atoms with Crippen LogP contribution in [0.3, 0.4) is 0 Å². The van der Waals surface area contributed by atoms with Crippen LogP contribution >= 0.6 is 23.1 Å². The zero-order valence-corrected chi connectivity index (χ0v) is 15.7. The van der Waals surface area contributed by atoms with Crippen molar-refractivity contribution >= 4 is 44.4 Å². The summed E-state index contributed by atoms with van der Waals surface area (Å²) in [5, 5.41) is 6.95. The molecule has 1 heterocycles. The van der Waals surface area contributed by atoms with E-state index in [0.29, 0.717) is 6.54 Å². The van der Waals surface area contributed by atoms with Crippen molar-refractivity contribution in [3.63, 3.8) is 0 Å². The molecule has 0 radical (unpaired) electrons. The molecular formula is C19H21N3OS2. The maximum Gasteiger partial charge on any atom is 0.242 e. The Balaban J connectivity index is 1.38. The lowest BCUT2D eigenvalue weighted by Gasteiger charge is -2.13. The number of carbonyl (C=O) groups excluding carboxylic acids is 1. The van der Waals surface area contributed by atoms with Crippen molar-refractivity contribution in [3.8, 4) is 0 Å². The first-order chi connectivity index (χ1) is 12.2. The summed E-state index contributed by atoms with van der Waals surface area (Å²) in [7, 11) is 0. The van der Waals surface area contributed by atoms with Crippen LogP contribution in [0.4, 0.5) is 5.13 Å². The number of carbonyl (C=O) groups is 1. The highest BCUT2D eigenvalue weighted by molar-refractivity contribution is 7.99. The summed E-state index contributed by atoms with van der Waals surface area (Å²) in [6.45, 7) is 2.55. The molecule has 0 aliphatic heterocycles. The molecule has 4 nitrogen and oxygen atoms in total. The Bertz CT molecular complexity index is 787. The van der Waals surface area contributed by atoms with Crippen molar-refractivity contribution in [3.05, 3.63) is 54.6 Å². The number of thioether (sulfide) groups is 1. The van der Waals surface area contributed by atoms with E-state index >= 15 is 0 Å². The van der Waals surface area contributed by atoms with Gasteiger partial charge in [0, 0.05) is 11.4 Å². The maximum absolute atomic E-state index is 12.2. The van der Waals surface area contributed by atoms with Gasteiger partial charge in [0.2, 0.25) is 5.91 Å². The number of benzene rings is 2. The fourth-order valence-corrected chi connectivity index (χ4v) is 4.16. The lowest BCUT2D eigenvalue weighted by atomic mass is 10.3. The Kier molecular flexibility index (Phi) is 6.30. The Labute approximate surface area is 156 Å². The van der Waals surface area contributed by atoms with Crippen molar-refractivity contribution in [2.24, 2.45) is 0 Å². The van der Waals surface area contributed by atoms with Crippen LogP contribution in [0.5, 0.6) is 0 Å². The summed E-state index contributed by atoms with van der Waals surface area (Å²) in [6.07, 6.45) is 0.944. The average Bonchev–Trinajstić information content (AvgIpc) is 3.04. The topological polar surface area (TPSA) is 54.0 Å². The van der Waals surface area contributed by atoms with E-state index in [1.165, 1.54) is 4.90 Å². The molecule has 3 aromatic rings. The Morgan fingerprint density at radius 3 is 2.72 bits per heavy atom. The summed E-state index contributed by atoms with van der Waals surface area (Å²) in [6, 6.07) is 18.0. The van der Waals surface area contributed by atoms with Gasteiger partial charge in [-0.05, 0) is 43.4 Å². The van der Waals surface area contributed by atoms with Gasteiger partial charge >= 0.3 is 0 Å². The van der Waals surface area contributed by atoms with Crippen LogP contribution in [0.15, 0.2) is 59.5 Å². The standard InChI is InChI=1S/C19H21N3OS2/c1-14(21-19-22-16-10-5-6-11-17(16)25-19)18(23)20-12-7-13-24-15-8-3-2-4-9-15/h2-6,8-11,14H,7,12-13H2,1H3,(H,20,23)(H,21,22)/t14-/m0/s1. The van der Waals surface area contributed by atoms with Crippen molar-refractivity contribution in [1.29, 1.82) is 0 Å². The van der Waals surface area contributed by atoms with Crippen LogP contribution in [0.2, 0.25) is 0 Å². The number of nitrogens with one attached hydrogen (secondary N) is 2. The Morgan fingerprint density at radius 1 is 1.16 bits per heavy atom. The summed E-state index contributed by atoms with van der Waals surface area (Å²) < 4.78 is 1.12. The Morgan fingerprint density at radius 2 is 1.92 bits per heavy atom. The molecule has 2 aromatic carbocycles. The second-order valence-electron chi connectivity index (χ2n) is 5.66. The van der Waals surface area contributed by atoms with E-state index in [-0.39, 0.29) is 11.9 Å². The van der Waals surface area contributed by atoms with Gasteiger partial charge in [0.15, 0.2) is 5.13 Å². The lowest BCUT2D eigenvalue weighted by molar-refractivity contribution is -0.121. The number of rotatable bonds is 8. The molecule has 0 aliphatic rings. The van der Waals surface area contributed by atoms with Crippen LogP contribution in [-0.4, -0.2) is 29.2 Å². The molecule has 0 unspecified atom stereocenters. The normalized spacial score (nSPS) is 12.0. The van der Waals surface area contributed by atoms with Crippen molar-refractivity contribution in [2.45, 2.75) is 24.3 Å². The first-order valence-corrected chi connectivity index (χ1v) is 10.1. The van der Waals surface area contributed by atoms with Crippen LogP contribution in [0.1, 0.15) is 13.3 Å². The van der Waals surface area contributed by atoms with E-state index in [4.69, 9.17) is 0 Å². The molecule has 1 atom stereocenters. The molecule has 2 N–H and O–H groups in total. The van der Waals surface area contributed by atoms with Crippen LogP contribution in [-0.2, 0) is 4.79 Å². The van der Waals surface area contributed by atoms with Crippen molar-refractivity contribution in [1.82, 2.24) is 10.3 Å². The van der Waals surface area contributed by atoms with Gasteiger partial charge in [-0.25, -0.2) is 4.98 Å². The first kappa shape index (κ1) is 17.8. The molecule has 0 fully saturated rings. The highest BCUT2D eigenvalue weighted by Gasteiger charge is 2.14. The van der Waals surface area contributed by atoms with Gasteiger partial charge in [0.05, 0.1) is 10.2 Å². The minimum Gasteiger partial charge on any atom is -0.354 e. The number of fused-ring (bicyclic) bond motifs is 1. The van der Waals surface area contributed by atoms with E-state index in [1.807, 2.05) is 61.2 Å². The van der Waals surface area contributed by atoms with Gasteiger partial charge in [0.25, 0.3) is 0 Å². The molecule has 1 amide bonds.